The van der Waals surface area contributed by atoms with Crippen LogP contribution in [0.15, 0.2) is 36.5 Å². The highest BCUT2D eigenvalue weighted by Crippen LogP contribution is 2.52. The van der Waals surface area contributed by atoms with E-state index in [1.165, 1.54) is 36.6 Å². The third-order valence-electron chi connectivity index (χ3n) is 5.40. The van der Waals surface area contributed by atoms with E-state index in [1.807, 2.05) is 12.3 Å². The van der Waals surface area contributed by atoms with Crippen molar-refractivity contribution in [3.63, 3.8) is 0 Å². The zero-order valence-electron chi connectivity index (χ0n) is 11.6. The summed E-state index contributed by atoms with van der Waals surface area (Å²) >= 11 is 0. The first-order chi connectivity index (χ1) is 9.86. The van der Waals surface area contributed by atoms with Crippen LogP contribution in [0.1, 0.15) is 37.3 Å². The van der Waals surface area contributed by atoms with Crippen molar-refractivity contribution in [3.8, 4) is 0 Å². The van der Waals surface area contributed by atoms with E-state index in [1.54, 1.807) is 0 Å². The SMILES string of the molecule is NNC(c1cccc2cccnc12)C1CC2CCC1C2. The number of rotatable bonds is 3. The van der Waals surface area contributed by atoms with Crippen molar-refractivity contribution in [1.82, 2.24) is 10.4 Å². The zero-order valence-corrected chi connectivity index (χ0v) is 11.6. The molecule has 1 heterocycles. The van der Waals surface area contributed by atoms with Crippen molar-refractivity contribution in [2.24, 2.45) is 23.6 Å². The van der Waals surface area contributed by atoms with Gasteiger partial charge in [-0.2, -0.15) is 0 Å². The number of nitrogens with zero attached hydrogens (tertiary/aromatic N) is 1. The maximum atomic E-state index is 5.93. The maximum absolute atomic E-state index is 5.93. The second-order valence-electron chi connectivity index (χ2n) is 6.41. The molecular weight excluding hydrogens is 246 g/mol. The van der Waals surface area contributed by atoms with E-state index in [0.717, 1.165) is 17.4 Å². The smallest absolute Gasteiger partial charge is 0.0750 e. The van der Waals surface area contributed by atoms with Crippen LogP contribution in [-0.2, 0) is 0 Å². The quantitative estimate of drug-likeness (QED) is 0.663. The molecule has 20 heavy (non-hydrogen) atoms. The number of aromatic nitrogens is 1. The van der Waals surface area contributed by atoms with Gasteiger partial charge in [0.05, 0.1) is 11.6 Å². The molecule has 2 aromatic rings. The highest BCUT2D eigenvalue weighted by Gasteiger charge is 2.43. The largest absolute Gasteiger partial charge is 0.271 e. The number of nitrogens with one attached hydrogen (secondary N) is 1. The predicted molar refractivity (Wildman–Crippen MR) is 80.7 cm³/mol. The van der Waals surface area contributed by atoms with Crippen LogP contribution in [0.25, 0.3) is 10.9 Å². The van der Waals surface area contributed by atoms with Gasteiger partial charge in [-0.1, -0.05) is 30.7 Å². The van der Waals surface area contributed by atoms with Gasteiger partial charge in [0, 0.05) is 11.6 Å². The zero-order chi connectivity index (χ0) is 13.5. The third kappa shape index (κ3) is 1.85. The first kappa shape index (κ1) is 12.3. The van der Waals surface area contributed by atoms with Crippen LogP contribution >= 0.6 is 0 Å². The molecule has 3 N–H and O–H groups in total. The Morgan fingerprint density at radius 1 is 1.15 bits per heavy atom. The molecule has 1 aromatic carbocycles. The van der Waals surface area contributed by atoms with Crippen LogP contribution in [0.3, 0.4) is 0 Å². The molecule has 0 amide bonds. The van der Waals surface area contributed by atoms with Crippen LogP contribution in [0.2, 0.25) is 0 Å². The van der Waals surface area contributed by atoms with Gasteiger partial charge in [0.15, 0.2) is 0 Å². The van der Waals surface area contributed by atoms with Gasteiger partial charge in [-0.25, -0.2) is 0 Å². The lowest BCUT2D eigenvalue weighted by atomic mass is 9.80. The summed E-state index contributed by atoms with van der Waals surface area (Å²) in [5, 5.41) is 1.20. The number of hydrazine groups is 1. The molecular formula is C17H21N3. The van der Waals surface area contributed by atoms with Crippen molar-refractivity contribution in [1.29, 1.82) is 0 Å². The lowest BCUT2D eigenvalue weighted by Gasteiger charge is -2.30. The van der Waals surface area contributed by atoms with Gasteiger partial charge in [0.25, 0.3) is 0 Å². The van der Waals surface area contributed by atoms with E-state index in [-0.39, 0.29) is 6.04 Å². The molecule has 2 fully saturated rings. The Morgan fingerprint density at radius 3 is 2.80 bits per heavy atom. The van der Waals surface area contributed by atoms with Crippen molar-refractivity contribution >= 4 is 10.9 Å². The minimum absolute atomic E-state index is 0.240. The van der Waals surface area contributed by atoms with E-state index in [4.69, 9.17) is 5.84 Å². The van der Waals surface area contributed by atoms with E-state index in [9.17, 15) is 0 Å². The summed E-state index contributed by atoms with van der Waals surface area (Å²) < 4.78 is 0. The standard InChI is InChI=1S/C17H21N3/c18-20-17(15-10-11-6-7-13(15)9-11)14-5-1-3-12-4-2-8-19-16(12)14/h1-5,8,11,13,15,17,20H,6-7,9-10,18H2. The number of fused-ring (bicyclic) bond motifs is 3. The first-order valence-corrected chi connectivity index (χ1v) is 7.66. The number of nitrogens with two attached hydrogens (primary N) is 1. The van der Waals surface area contributed by atoms with Crippen LogP contribution in [0, 0.1) is 17.8 Å². The fourth-order valence-electron chi connectivity index (χ4n) is 4.52. The lowest BCUT2D eigenvalue weighted by Crippen LogP contribution is -2.36. The molecule has 4 unspecified atom stereocenters. The van der Waals surface area contributed by atoms with Gasteiger partial charge >= 0.3 is 0 Å². The molecule has 4 rings (SSSR count). The minimum atomic E-state index is 0.240. The molecule has 2 aliphatic carbocycles. The second kappa shape index (κ2) is 4.83. The summed E-state index contributed by atoms with van der Waals surface area (Å²) in [6.45, 7) is 0. The van der Waals surface area contributed by atoms with Crippen molar-refractivity contribution in [2.75, 3.05) is 0 Å². The van der Waals surface area contributed by atoms with E-state index < -0.39 is 0 Å². The molecule has 0 saturated heterocycles. The third-order valence-corrected chi connectivity index (χ3v) is 5.40. The highest BCUT2D eigenvalue weighted by atomic mass is 15.2. The molecule has 0 spiro atoms. The van der Waals surface area contributed by atoms with Crippen LogP contribution in [0.4, 0.5) is 0 Å². The Balaban J connectivity index is 1.76. The molecule has 2 bridgehead atoms. The van der Waals surface area contributed by atoms with Gasteiger partial charge in [-0.3, -0.25) is 16.3 Å². The Morgan fingerprint density at radius 2 is 2.05 bits per heavy atom. The Hall–Kier alpha value is -1.45. The maximum Gasteiger partial charge on any atom is 0.0750 e. The van der Waals surface area contributed by atoms with Crippen molar-refractivity contribution in [2.45, 2.75) is 31.7 Å². The Labute approximate surface area is 119 Å². The first-order valence-electron chi connectivity index (χ1n) is 7.66. The summed E-state index contributed by atoms with van der Waals surface area (Å²) in [4.78, 5) is 4.59. The highest BCUT2D eigenvalue weighted by molar-refractivity contribution is 5.82. The average molecular weight is 267 g/mol. The summed E-state index contributed by atoms with van der Waals surface area (Å²) in [5.41, 5.74) is 5.46. The van der Waals surface area contributed by atoms with Crippen LogP contribution < -0.4 is 11.3 Å². The number of hydrogen-bond acceptors (Lipinski definition) is 3. The lowest BCUT2D eigenvalue weighted by molar-refractivity contribution is 0.253. The van der Waals surface area contributed by atoms with Crippen LogP contribution in [-0.4, -0.2) is 4.98 Å². The normalized spacial score (nSPS) is 29.9. The molecule has 4 atom stereocenters. The van der Waals surface area contributed by atoms with Gasteiger partial charge in [0.1, 0.15) is 0 Å². The molecule has 2 saturated carbocycles. The predicted octanol–water partition coefficient (Wildman–Crippen LogP) is 3.18. The topological polar surface area (TPSA) is 50.9 Å². The number of hydrogen-bond donors (Lipinski definition) is 2. The van der Waals surface area contributed by atoms with Crippen LogP contribution in [0.5, 0.6) is 0 Å². The number of pyridine rings is 1. The van der Waals surface area contributed by atoms with Gasteiger partial charge in [-0.15, -0.1) is 0 Å². The molecule has 2 aliphatic rings. The Bertz CT molecular complexity index is 619. The fraction of sp³-hybridized carbons (Fsp3) is 0.471. The summed E-state index contributed by atoms with van der Waals surface area (Å²) in [6, 6.07) is 10.8. The van der Waals surface area contributed by atoms with E-state index in [2.05, 4.69) is 34.7 Å². The van der Waals surface area contributed by atoms with Crippen molar-refractivity contribution < 1.29 is 0 Å². The van der Waals surface area contributed by atoms with Gasteiger partial charge < -0.3 is 0 Å². The molecule has 0 aliphatic heterocycles. The van der Waals surface area contributed by atoms with Gasteiger partial charge in [-0.05, 0) is 48.6 Å². The van der Waals surface area contributed by atoms with E-state index >= 15 is 0 Å². The number of para-hydroxylation sites is 1. The van der Waals surface area contributed by atoms with Gasteiger partial charge in [0.2, 0.25) is 0 Å². The number of benzene rings is 1. The fourth-order valence-corrected chi connectivity index (χ4v) is 4.52. The average Bonchev–Trinajstić information content (AvgIpc) is 3.11. The monoisotopic (exact) mass is 267 g/mol. The van der Waals surface area contributed by atoms with Crippen molar-refractivity contribution in [3.05, 3.63) is 42.1 Å². The molecule has 1 aromatic heterocycles. The summed E-state index contributed by atoms with van der Waals surface area (Å²) in [6.07, 6.45) is 7.40. The molecule has 104 valence electrons. The minimum Gasteiger partial charge on any atom is -0.271 e. The molecule has 3 heteroatoms. The molecule has 0 radical (unpaired) electrons. The summed E-state index contributed by atoms with van der Waals surface area (Å²) in [5.74, 6) is 8.38. The Kier molecular flexibility index (Phi) is 2.97. The molecule has 3 nitrogen and oxygen atoms in total. The van der Waals surface area contributed by atoms with E-state index in [0.29, 0.717) is 5.92 Å². The summed E-state index contributed by atoms with van der Waals surface area (Å²) in [7, 11) is 0. The second-order valence-corrected chi connectivity index (χ2v) is 6.41.